The molecule has 0 saturated carbocycles. The van der Waals surface area contributed by atoms with Crippen LogP contribution < -0.4 is 4.74 Å². The zero-order valence-corrected chi connectivity index (χ0v) is 16.4. The highest BCUT2D eigenvalue weighted by atomic mass is 16.5. The Hall–Kier alpha value is -2.82. The molecule has 5 nitrogen and oxygen atoms in total. The van der Waals surface area contributed by atoms with E-state index in [1.807, 2.05) is 53.4 Å². The summed E-state index contributed by atoms with van der Waals surface area (Å²) in [7, 11) is 0. The Labute approximate surface area is 165 Å². The van der Waals surface area contributed by atoms with Gasteiger partial charge < -0.3 is 14.2 Å². The number of aromatic nitrogens is 2. The smallest absolute Gasteiger partial charge is 0.223 e. The molecule has 2 aromatic carbocycles. The van der Waals surface area contributed by atoms with Gasteiger partial charge in [0.05, 0.1) is 17.6 Å². The van der Waals surface area contributed by atoms with Crippen LogP contribution in [0.25, 0.3) is 11.0 Å². The fourth-order valence-corrected chi connectivity index (χ4v) is 3.92. The van der Waals surface area contributed by atoms with E-state index in [4.69, 9.17) is 9.72 Å². The first-order valence-electron chi connectivity index (χ1n) is 10.2. The molecular weight excluding hydrogens is 350 g/mol. The van der Waals surface area contributed by atoms with Crippen molar-refractivity contribution in [1.82, 2.24) is 14.5 Å². The van der Waals surface area contributed by atoms with E-state index in [0.717, 1.165) is 48.5 Å². The molecule has 0 N–H and O–H groups in total. The van der Waals surface area contributed by atoms with E-state index in [0.29, 0.717) is 19.6 Å². The highest BCUT2D eigenvalue weighted by molar-refractivity contribution is 5.80. The third-order valence-corrected chi connectivity index (χ3v) is 5.37. The third kappa shape index (κ3) is 3.88. The monoisotopic (exact) mass is 377 g/mol. The summed E-state index contributed by atoms with van der Waals surface area (Å²) in [5, 5.41) is 0. The molecule has 0 bridgehead atoms. The van der Waals surface area contributed by atoms with E-state index >= 15 is 0 Å². The molecule has 1 atom stereocenters. The number of fused-ring (bicyclic) bond motifs is 1. The number of para-hydroxylation sites is 3. The van der Waals surface area contributed by atoms with Gasteiger partial charge in [-0.3, -0.25) is 4.79 Å². The van der Waals surface area contributed by atoms with Crippen LogP contribution in [0.3, 0.4) is 0 Å². The van der Waals surface area contributed by atoms with Gasteiger partial charge in [0.15, 0.2) is 0 Å². The minimum absolute atomic E-state index is 0.147. The highest BCUT2D eigenvalue weighted by Crippen LogP contribution is 2.30. The number of likely N-dealkylation sites (tertiary alicyclic amines) is 1. The molecule has 2 heterocycles. The predicted molar refractivity (Wildman–Crippen MR) is 111 cm³/mol. The first-order chi connectivity index (χ1) is 13.8. The Morgan fingerprint density at radius 3 is 2.68 bits per heavy atom. The second-order valence-electron chi connectivity index (χ2n) is 7.37. The predicted octanol–water partition coefficient (Wildman–Crippen LogP) is 4.23. The number of hydrogen-bond donors (Lipinski definition) is 0. The first-order valence-corrected chi connectivity index (χ1v) is 10.2. The minimum atomic E-state index is 0.147. The van der Waals surface area contributed by atoms with Crippen molar-refractivity contribution < 1.29 is 9.53 Å². The SMILES string of the molecule is CCCCN1C[C@@H](c2nc3ccccc3n2CCOc2ccccc2)CC1=O. The maximum Gasteiger partial charge on any atom is 0.223 e. The summed E-state index contributed by atoms with van der Waals surface area (Å²) in [4.78, 5) is 19.3. The van der Waals surface area contributed by atoms with Gasteiger partial charge in [0, 0.05) is 25.4 Å². The topological polar surface area (TPSA) is 47.4 Å². The zero-order valence-electron chi connectivity index (χ0n) is 16.4. The number of unbranched alkanes of at least 4 members (excludes halogenated alkanes) is 1. The van der Waals surface area contributed by atoms with Gasteiger partial charge in [-0.05, 0) is 30.7 Å². The van der Waals surface area contributed by atoms with Crippen LogP contribution in [0.15, 0.2) is 54.6 Å². The molecule has 1 aliphatic rings. The van der Waals surface area contributed by atoms with Crippen molar-refractivity contribution in [3.63, 3.8) is 0 Å². The zero-order chi connectivity index (χ0) is 19.3. The molecule has 1 saturated heterocycles. The molecule has 1 fully saturated rings. The van der Waals surface area contributed by atoms with E-state index in [1.54, 1.807) is 0 Å². The molecule has 0 aliphatic carbocycles. The van der Waals surface area contributed by atoms with E-state index in [-0.39, 0.29) is 11.8 Å². The van der Waals surface area contributed by atoms with Crippen molar-refractivity contribution in [1.29, 1.82) is 0 Å². The highest BCUT2D eigenvalue weighted by Gasteiger charge is 2.33. The van der Waals surface area contributed by atoms with Crippen LogP contribution >= 0.6 is 0 Å². The van der Waals surface area contributed by atoms with Crippen molar-refractivity contribution in [2.45, 2.75) is 38.6 Å². The molecule has 5 heteroatoms. The van der Waals surface area contributed by atoms with E-state index in [9.17, 15) is 4.79 Å². The average Bonchev–Trinajstić information content (AvgIpc) is 3.28. The van der Waals surface area contributed by atoms with Gasteiger partial charge in [-0.25, -0.2) is 4.98 Å². The van der Waals surface area contributed by atoms with Crippen LogP contribution in [0.1, 0.15) is 37.9 Å². The second-order valence-corrected chi connectivity index (χ2v) is 7.37. The lowest BCUT2D eigenvalue weighted by Gasteiger charge is -2.17. The van der Waals surface area contributed by atoms with Crippen LogP contribution in [0.5, 0.6) is 5.75 Å². The summed E-state index contributed by atoms with van der Waals surface area (Å²) < 4.78 is 8.15. The summed E-state index contributed by atoms with van der Waals surface area (Å²) in [6.45, 7) is 5.05. The normalized spacial score (nSPS) is 16.8. The fraction of sp³-hybridized carbons (Fsp3) is 0.391. The summed E-state index contributed by atoms with van der Waals surface area (Å²) in [5.74, 6) is 2.27. The number of amides is 1. The van der Waals surface area contributed by atoms with E-state index in [2.05, 4.69) is 17.6 Å². The van der Waals surface area contributed by atoms with Gasteiger partial charge in [-0.2, -0.15) is 0 Å². The first kappa shape index (κ1) is 18.5. The summed E-state index contributed by atoms with van der Waals surface area (Å²) >= 11 is 0. The van der Waals surface area contributed by atoms with Crippen molar-refractivity contribution in [3.05, 3.63) is 60.4 Å². The average molecular weight is 377 g/mol. The van der Waals surface area contributed by atoms with Gasteiger partial charge in [0.2, 0.25) is 5.91 Å². The summed E-state index contributed by atoms with van der Waals surface area (Å²) in [6, 6.07) is 18.1. The quantitative estimate of drug-likeness (QED) is 0.590. The maximum atomic E-state index is 12.5. The Bertz CT molecular complexity index is 935. The number of ether oxygens (including phenoxy) is 1. The lowest BCUT2D eigenvalue weighted by molar-refractivity contribution is -0.127. The van der Waals surface area contributed by atoms with Crippen molar-refractivity contribution in [2.24, 2.45) is 0 Å². The van der Waals surface area contributed by atoms with Crippen molar-refractivity contribution >= 4 is 16.9 Å². The Balaban J connectivity index is 1.54. The number of rotatable bonds is 8. The number of nitrogens with zero attached hydrogens (tertiary/aromatic N) is 3. The van der Waals surface area contributed by atoms with Crippen LogP contribution in [-0.4, -0.2) is 40.1 Å². The van der Waals surface area contributed by atoms with Crippen molar-refractivity contribution in [3.8, 4) is 5.75 Å². The van der Waals surface area contributed by atoms with Crippen LogP contribution in [-0.2, 0) is 11.3 Å². The van der Waals surface area contributed by atoms with Crippen LogP contribution in [0.2, 0.25) is 0 Å². The molecule has 28 heavy (non-hydrogen) atoms. The molecule has 1 aliphatic heterocycles. The Kier molecular flexibility index (Phi) is 5.60. The molecule has 0 spiro atoms. The van der Waals surface area contributed by atoms with Crippen molar-refractivity contribution in [2.75, 3.05) is 19.7 Å². The van der Waals surface area contributed by atoms with Crippen LogP contribution in [0.4, 0.5) is 0 Å². The van der Waals surface area contributed by atoms with Gasteiger partial charge in [0.1, 0.15) is 18.2 Å². The summed E-state index contributed by atoms with van der Waals surface area (Å²) in [6.07, 6.45) is 2.70. The van der Waals surface area contributed by atoms with E-state index < -0.39 is 0 Å². The van der Waals surface area contributed by atoms with E-state index in [1.165, 1.54) is 0 Å². The number of imidazole rings is 1. The number of benzene rings is 2. The van der Waals surface area contributed by atoms with Crippen LogP contribution in [0, 0.1) is 0 Å². The lowest BCUT2D eigenvalue weighted by atomic mass is 10.1. The molecule has 1 aromatic heterocycles. The number of carbonyl (C=O) groups is 1. The Morgan fingerprint density at radius 1 is 1.07 bits per heavy atom. The largest absolute Gasteiger partial charge is 0.492 e. The lowest BCUT2D eigenvalue weighted by Crippen LogP contribution is -2.26. The molecule has 1 amide bonds. The number of hydrogen-bond acceptors (Lipinski definition) is 3. The summed E-state index contributed by atoms with van der Waals surface area (Å²) in [5.41, 5.74) is 2.09. The minimum Gasteiger partial charge on any atom is -0.492 e. The second kappa shape index (κ2) is 8.46. The van der Waals surface area contributed by atoms with Gasteiger partial charge in [-0.1, -0.05) is 43.7 Å². The third-order valence-electron chi connectivity index (χ3n) is 5.37. The number of carbonyl (C=O) groups excluding carboxylic acids is 1. The maximum absolute atomic E-state index is 12.5. The van der Waals surface area contributed by atoms with Gasteiger partial charge >= 0.3 is 0 Å². The fourth-order valence-electron chi connectivity index (χ4n) is 3.92. The molecular formula is C23H27N3O2. The molecule has 146 valence electrons. The Morgan fingerprint density at radius 2 is 1.86 bits per heavy atom. The van der Waals surface area contributed by atoms with Gasteiger partial charge in [0.25, 0.3) is 0 Å². The molecule has 0 unspecified atom stereocenters. The molecule has 0 radical (unpaired) electrons. The molecule has 4 rings (SSSR count). The van der Waals surface area contributed by atoms with Gasteiger partial charge in [-0.15, -0.1) is 0 Å². The molecule has 3 aromatic rings. The standard InChI is InChI=1S/C23H27N3O2/c1-2-3-13-25-17-18(16-22(25)27)23-24-20-11-7-8-12-21(20)26(23)14-15-28-19-9-5-4-6-10-19/h4-12,18H,2-3,13-17H2,1H3/t18-/m0/s1.